The number of benzene rings is 3. The molecule has 4 aromatic rings. The molecular formula is C25H23N3O3S. The van der Waals surface area contributed by atoms with E-state index in [2.05, 4.69) is 15.5 Å². The summed E-state index contributed by atoms with van der Waals surface area (Å²) in [4.78, 5) is 12.6. The summed E-state index contributed by atoms with van der Waals surface area (Å²) in [7, 11) is 0. The predicted octanol–water partition coefficient (Wildman–Crippen LogP) is 5.74. The highest BCUT2D eigenvalue weighted by atomic mass is 32.2. The molecule has 1 unspecified atom stereocenters. The summed E-state index contributed by atoms with van der Waals surface area (Å²) < 4.78 is 11.5. The van der Waals surface area contributed by atoms with Gasteiger partial charge in [0, 0.05) is 11.3 Å². The molecule has 7 heteroatoms. The predicted molar refractivity (Wildman–Crippen MR) is 126 cm³/mol. The van der Waals surface area contributed by atoms with Crippen molar-refractivity contribution in [2.45, 2.75) is 30.9 Å². The van der Waals surface area contributed by atoms with Crippen LogP contribution in [0.5, 0.6) is 5.75 Å². The van der Waals surface area contributed by atoms with Gasteiger partial charge in [0.1, 0.15) is 12.4 Å². The third kappa shape index (κ3) is 5.76. The second-order valence-electron chi connectivity index (χ2n) is 7.29. The zero-order valence-corrected chi connectivity index (χ0v) is 18.6. The number of nitrogens with zero attached hydrogens (tertiary/aromatic N) is 2. The number of aromatic nitrogens is 2. The molecule has 0 fully saturated rings. The van der Waals surface area contributed by atoms with E-state index in [0.29, 0.717) is 23.4 Å². The van der Waals surface area contributed by atoms with E-state index in [-0.39, 0.29) is 5.91 Å². The average Bonchev–Trinajstić information content (AvgIpc) is 3.28. The minimum absolute atomic E-state index is 0.150. The van der Waals surface area contributed by atoms with Crippen LogP contribution in [0, 0.1) is 6.92 Å². The van der Waals surface area contributed by atoms with E-state index in [9.17, 15) is 4.79 Å². The lowest BCUT2D eigenvalue weighted by atomic mass is 10.1. The molecule has 0 saturated carbocycles. The van der Waals surface area contributed by atoms with Crippen molar-refractivity contribution in [3.05, 3.63) is 90.0 Å². The van der Waals surface area contributed by atoms with Crippen LogP contribution >= 0.6 is 11.8 Å². The lowest BCUT2D eigenvalue weighted by molar-refractivity contribution is -0.115. The molecule has 32 heavy (non-hydrogen) atoms. The van der Waals surface area contributed by atoms with Crippen molar-refractivity contribution in [2.24, 2.45) is 0 Å². The highest BCUT2D eigenvalue weighted by Crippen LogP contribution is 2.27. The van der Waals surface area contributed by atoms with Gasteiger partial charge in [-0.05, 0) is 55.8 Å². The molecule has 162 valence electrons. The molecule has 0 radical (unpaired) electrons. The summed E-state index contributed by atoms with van der Waals surface area (Å²) in [6, 6.07) is 25.1. The van der Waals surface area contributed by atoms with Crippen molar-refractivity contribution in [1.29, 1.82) is 0 Å². The van der Waals surface area contributed by atoms with Crippen molar-refractivity contribution >= 4 is 23.4 Å². The number of aryl methyl sites for hydroxylation is 1. The van der Waals surface area contributed by atoms with Crippen LogP contribution in [-0.2, 0) is 11.4 Å². The van der Waals surface area contributed by atoms with Gasteiger partial charge in [0.15, 0.2) is 0 Å². The first kappa shape index (κ1) is 21.6. The van der Waals surface area contributed by atoms with Crippen molar-refractivity contribution in [1.82, 2.24) is 10.2 Å². The number of ether oxygens (including phenoxy) is 1. The number of nitrogens with one attached hydrogen (secondary N) is 1. The third-order valence-corrected chi connectivity index (χ3v) is 5.62. The highest BCUT2D eigenvalue weighted by molar-refractivity contribution is 8.00. The zero-order chi connectivity index (χ0) is 22.3. The SMILES string of the molecule is Cc1cccc(-c2nnc(SC(C)C(=O)Nc3ccc(OCc4ccccc4)cc3)o2)c1. The Morgan fingerprint density at radius 3 is 2.56 bits per heavy atom. The Morgan fingerprint density at radius 2 is 1.81 bits per heavy atom. The smallest absolute Gasteiger partial charge is 0.277 e. The van der Waals surface area contributed by atoms with E-state index >= 15 is 0 Å². The minimum Gasteiger partial charge on any atom is -0.489 e. The number of hydrogen-bond donors (Lipinski definition) is 1. The molecule has 1 atom stereocenters. The first-order valence-electron chi connectivity index (χ1n) is 10.2. The summed E-state index contributed by atoms with van der Waals surface area (Å²) >= 11 is 1.22. The molecule has 0 aliphatic rings. The van der Waals surface area contributed by atoms with Gasteiger partial charge in [-0.15, -0.1) is 10.2 Å². The van der Waals surface area contributed by atoms with Gasteiger partial charge in [-0.1, -0.05) is 59.8 Å². The first-order chi connectivity index (χ1) is 15.6. The molecule has 6 nitrogen and oxygen atoms in total. The summed E-state index contributed by atoms with van der Waals surface area (Å²) in [6.45, 7) is 4.30. The fraction of sp³-hybridized carbons (Fsp3) is 0.160. The number of hydrogen-bond acceptors (Lipinski definition) is 6. The van der Waals surface area contributed by atoms with Gasteiger partial charge in [-0.25, -0.2) is 0 Å². The number of anilines is 1. The Balaban J connectivity index is 1.30. The standard InChI is InChI=1S/C25H23N3O3S/c1-17-7-6-10-20(15-17)24-27-28-25(31-24)32-18(2)23(29)26-21-11-13-22(14-12-21)30-16-19-8-4-3-5-9-19/h3-15,18H,16H2,1-2H3,(H,26,29). The van der Waals surface area contributed by atoms with E-state index in [4.69, 9.17) is 9.15 Å². The minimum atomic E-state index is -0.408. The quantitative estimate of drug-likeness (QED) is 0.348. The van der Waals surface area contributed by atoms with Crippen LogP contribution in [0.2, 0.25) is 0 Å². The monoisotopic (exact) mass is 445 g/mol. The van der Waals surface area contributed by atoms with E-state index < -0.39 is 5.25 Å². The highest BCUT2D eigenvalue weighted by Gasteiger charge is 2.19. The van der Waals surface area contributed by atoms with Gasteiger partial charge in [0.25, 0.3) is 5.22 Å². The van der Waals surface area contributed by atoms with E-state index in [1.807, 2.05) is 85.8 Å². The Morgan fingerprint density at radius 1 is 1.03 bits per heavy atom. The van der Waals surface area contributed by atoms with Crippen molar-refractivity contribution in [3.8, 4) is 17.2 Å². The second kappa shape index (κ2) is 10.2. The molecule has 4 rings (SSSR count). The maximum Gasteiger partial charge on any atom is 0.277 e. The maximum atomic E-state index is 12.6. The van der Waals surface area contributed by atoms with Crippen molar-refractivity contribution in [3.63, 3.8) is 0 Å². The van der Waals surface area contributed by atoms with Gasteiger partial charge in [-0.2, -0.15) is 0 Å². The molecule has 0 aliphatic carbocycles. The molecular weight excluding hydrogens is 422 g/mol. The lowest BCUT2D eigenvalue weighted by Gasteiger charge is -2.11. The van der Waals surface area contributed by atoms with E-state index in [1.54, 1.807) is 6.92 Å². The van der Waals surface area contributed by atoms with Gasteiger partial charge in [0.05, 0.1) is 5.25 Å². The Labute approximate surface area is 191 Å². The molecule has 0 aliphatic heterocycles. The summed E-state index contributed by atoms with van der Waals surface area (Å²) in [5, 5.41) is 11.0. The number of carbonyl (C=O) groups excluding carboxylic acids is 1. The van der Waals surface area contributed by atoms with Gasteiger partial charge in [-0.3, -0.25) is 4.79 Å². The number of rotatable bonds is 8. The molecule has 0 spiro atoms. The van der Waals surface area contributed by atoms with Crippen LogP contribution in [0.1, 0.15) is 18.1 Å². The molecule has 1 heterocycles. The second-order valence-corrected chi connectivity index (χ2v) is 8.58. The Hall–Kier alpha value is -3.58. The van der Waals surface area contributed by atoms with Crippen molar-refractivity contribution in [2.75, 3.05) is 5.32 Å². The van der Waals surface area contributed by atoms with Crippen LogP contribution in [0.15, 0.2) is 88.5 Å². The number of amides is 1. The van der Waals surface area contributed by atoms with Crippen LogP contribution < -0.4 is 10.1 Å². The molecule has 3 aromatic carbocycles. The van der Waals surface area contributed by atoms with Crippen LogP contribution in [0.4, 0.5) is 5.69 Å². The third-order valence-electron chi connectivity index (χ3n) is 4.69. The molecule has 1 amide bonds. The summed E-state index contributed by atoms with van der Waals surface area (Å²) in [5.41, 5.74) is 3.76. The maximum absolute atomic E-state index is 12.6. The number of thioether (sulfide) groups is 1. The van der Waals surface area contributed by atoms with Crippen LogP contribution in [0.3, 0.4) is 0 Å². The van der Waals surface area contributed by atoms with Crippen LogP contribution in [0.25, 0.3) is 11.5 Å². The number of carbonyl (C=O) groups is 1. The molecule has 0 saturated heterocycles. The summed E-state index contributed by atoms with van der Waals surface area (Å²) in [6.07, 6.45) is 0. The Kier molecular flexibility index (Phi) is 6.87. The summed E-state index contributed by atoms with van der Waals surface area (Å²) in [5.74, 6) is 1.03. The van der Waals surface area contributed by atoms with E-state index in [0.717, 1.165) is 22.4 Å². The fourth-order valence-electron chi connectivity index (χ4n) is 2.98. The molecule has 1 aromatic heterocycles. The largest absolute Gasteiger partial charge is 0.489 e. The lowest BCUT2D eigenvalue weighted by Crippen LogP contribution is -2.22. The normalized spacial score (nSPS) is 11.7. The fourth-order valence-corrected chi connectivity index (χ4v) is 3.66. The van der Waals surface area contributed by atoms with Gasteiger partial charge >= 0.3 is 0 Å². The molecule has 1 N–H and O–H groups in total. The topological polar surface area (TPSA) is 77.2 Å². The van der Waals surface area contributed by atoms with Crippen molar-refractivity contribution < 1.29 is 13.9 Å². The Bertz CT molecular complexity index is 1180. The van der Waals surface area contributed by atoms with Gasteiger partial charge < -0.3 is 14.5 Å². The van der Waals surface area contributed by atoms with E-state index in [1.165, 1.54) is 11.8 Å². The van der Waals surface area contributed by atoms with Gasteiger partial charge in [0.2, 0.25) is 11.8 Å². The first-order valence-corrected chi connectivity index (χ1v) is 11.1. The average molecular weight is 446 g/mol. The zero-order valence-electron chi connectivity index (χ0n) is 17.8. The van der Waals surface area contributed by atoms with Crippen LogP contribution in [-0.4, -0.2) is 21.4 Å². The molecule has 0 bridgehead atoms.